The van der Waals surface area contributed by atoms with E-state index in [1.165, 1.54) is 0 Å². The summed E-state index contributed by atoms with van der Waals surface area (Å²) in [6.07, 6.45) is 3.63. The number of nitrogens with zero attached hydrogens (tertiary/aromatic N) is 4. The Labute approximate surface area is 152 Å². The fraction of sp³-hybridized carbons (Fsp3) is 0.556. The molecule has 1 saturated heterocycles. The number of hydrogen-bond acceptors (Lipinski definition) is 6. The minimum absolute atomic E-state index is 0.0208. The SMILES string of the molecule is CC(C)c1noc(CNC(=O)N2CCC[C@@H](OCc3ccccn3)C2)n1. The van der Waals surface area contributed by atoms with Crippen molar-refractivity contribution in [2.24, 2.45) is 0 Å². The third kappa shape index (κ3) is 5.01. The van der Waals surface area contributed by atoms with Gasteiger partial charge < -0.3 is 19.5 Å². The highest BCUT2D eigenvalue weighted by atomic mass is 16.5. The van der Waals surface area contributed by atoms with Gasteiger partial charge in [-0.05, 0) is 25.0 Å². The predicted molar refractivity (Wildman–Crippen MR) is 94.2 cm³/mol. The highest BCUT2D eigenvalue weighted by Crippen LogP contribution is 2.15. The third-order valence-corrected chi connectivity index (χ3v) is 4.25. The van der Waals surface area contributed by atoms with Crippen LogP contribution in [-0.2, 0) is 17.9 Å². The number of carbonyl (C=O) groups is 1. The van der Waals surface area contributed by atoms with Crippen molar-refractivity contribution in [3.05, 3.63) is 41.8 Å². The van der Waals surface area contributed by atoms with Crippen molar-refractivity contribution >= 4 is 6.03 Å². The summed E-state index contributed by atoms with van der Waals surface area (Å²) in [6, 6.07) is 5.61. The van der Waals surface area contributed by atoms with E-state index in [-0.39, 0.29) is 24.6 Å². The number of hydrogen-bond donors (Lipinski definition) is 1. The van der Waals surface area contributed by atoms with Crippen LogP contribution >= 0.6 is 0 Å². The van der Waals surface area contributed by atoms with Crippen LogP contribution in [0.25, 0.3) is 0 Å². The molecule has 1 fully saturated rings. The Hall–Kier alpha value is -2.48. The van der Waals surface area contributed by atoms with E-state index in [1.54, 1.807) is 11.1 Å². The largest absolute Gasteiger partial charge is 0.370 e. The molecule has 8 heteroatoms. The van der Waals surface area contributed by atoms with Crippen molar-refractivity contribution < 1.29 is 14.1 Å². The Kier molecular flexibility index (Phi) is 6.17. The average Bonchev–Trinajstić information content (AvgIpc) is 3.15. The molecule has 2 aromatic heterocycles. The van der Waals surface area contributed by atoms with E-state index in [9.17, 15) is 4.79 Å². The Morgan fingerprint density at radius 1 is 1.46 bits per heavy atom. The summed E-state index contributed by atoms with van der Waals surface area (Å²) >= 11 is 0. The van der Waals surface area contributed by atoms with Gasteiger partial charge in [0.05, 0.1) is 24.9 Å². The maximum Gasteiger partial charge on any atom is 0.317 e. The standard InChI is InChI=1S/C18H25N5O3/c1-13(2)17-21-16(26-22-17)10-20-18(24)23-9-5-7-15(11-23)25-12-14-6-3-4-8-19-14/h3-4,6,8,13,15H,5,7,9-12H2,1-2H3,(H,20,24)/t15-/m1/s1. The maximum atomic E-state index is 12.4. The molecule has 140 valence electrons. The molecule has 0 bridgehead atoms. The number of aromatic nitrogens is 3. The second-order valence-corrected chi connectivity index (χ2v) is 6.70. The molecule has 3 rings (SSSR count). The summed E-state index contributed by atoms with van der Waals surface area (Å²) in [5.41, 5.74) is 0.895. The Bertz CT molecular complexity index is 704. The first-order chi connectivity index (χ1) is 12.6. The van der Waals surface area contributed by atoms with Crippen LogP contribution in [0.2, 0.25) is 0 Å². The van der Waals surface area contributed by atoms with Crippen LogP contribution in [0.4, 0.5) is 4.79 Å². The molecule has 1 aliphatic rings. The molecule has 8 nitrogen and oxygen atoms in total. The molecule has 0 radical (unpaired) electrons. The second kappa shape index (κ2) is 8.75. The number of nitrogens with one attached hydrogen (secondary N) is 1. The molecule has 1 aliphatic heterocycles. The molecule has 2 aromatic rings. The topological polar surface area (TPSA) is 93.4 Å². The molecule has 0 aromatic carbocycles. The number of urea groups is 1. The van der Waals surface area contributed by atoms with Crippen molar-refractivity contribution in [1.29, 1.82) is 0 Å². The molecule has 0 unspecified atom stereocenters. The smallest absolute Gasteiger partial charge is 0.317 e. The number of piperidine rings is 1. The normalized spacial score (nSPS) is 17.5. The van der Waals surface area contributed by atoms with Gasteiger partial charge in [-0.25, -0.2) is 4.79 Å². The van der Waals surface area contributed by atoms with Crippen LogP contribution in [0.5, 0.6) is 0 Å². The lowest BCUT2D eigenvalue weighted by Gasteiger charge is -2.32. The number of carbonyl (C=O) groups excluding carboxylic acids is 1. The first-order valence-electron chi connectivity index (χ1n) is 8.98. The molecular formula is C18H25N5O3. The second-order valence-electron chi connectivity index (χ2n) is 6.70. The molecule has 0 saturated carbocycles. The van der Waals surface area contributed by atoms with Crippen LogP contribution in [0.15, 0.2) is 28.9 Å². The number of ether oxygens (including phenoxy) is 1. The number of rotatable bonds is 6. The van der Waals surface area contributed by atoms with E-state index < -0.39 is 0 Å². The van der Waals surface area contributed by atoms with Crippen molar-refractivity contribution in [2.45, 2.75) is 51.9 Å². The van der Waals surface area contributed by atoms with Gasteiger partial charge in [0.25, 0.3) is 0 Å². The first kappa shape index (κ1) is 18.3. The van der Waals surface area contributed by atoms with Gasteiger partial charge in [-0.15, -0.1) is 0 Å². The van der Waals surface area contributed by atoms with Crippen molar-refractivity contribution in [2.75, 3.05) is 13.1 Å². The summed E-state index contributed by atoms with van der Waals surface area (Å²) in [5, 5.41) is 6.73. The van der Waals surface area contributed by atoms with Gasteiger partial charge >= 0.3 is 6.03 Å². The highest BCUT2D eigenvalue weighted by Gasteiger charge is 2.24. The van der Waals surface area contributed by atoms with E-state index in [1.807, 2.05) is 32.0 Å². The van der Waals surface area contributed by atoms with Gasteiger partial charge in [0, 0.05) is 25.2 Å². The van der Waals surface area contributed by atoms with E-state index in [4.69, 9.17) is 9.26 Å². The number of amides is 2. The summed E-state index contributed by atoms with van der Waals surface area (Å²) in [7, 11) is 0. The molecule has 1 atom stereocenters. The third-order valence-electron chi connectivity index (χ3n) is 4.25. The predicted octanol–water partition coefficient (Wildman–Crippen LogP) is 2.48. The van der Waals surface area contributed by atoms with Gasteiger partial charge in [0.15, 0.2) is 5.82 Å². The fourth-order valence-electron chi connectivity index (χ4n) is 2.78. The molecule has 3 heterocycles. The van der Waals surface area contributed by atoms with E-state index in [0.29, 0.717) is 24.9 Å². The van der Waals surface area contributed by atoms with E-state index >= 15 is 0 Å². The van der Waals surface area contributed by atoms with E-state index in [2.05, 4.69) is 20.4 Å². The minimum atomic E-state index is -0.138. The van der Waals surface area contributed by atoms with Crippen LogP contribution in [0.1, 0.15) is 50.0 Å². The maximum absolute atomic E-state index is 12.4. The lowest BCUT2D eigenvalue weighted by atomic mass is 10.1. The fourth-order valence-corrected chi connectivity index (χ4v) is 2.78. The molecular weight excluding hydrogens is 334 g/mol. The number of likely N-dealkylation sites (tertiary alicyclic amines) is 1. The molecule has 0 spiro atoms. The Morgan fingerprint density at radius 2 is 2.35 bits per heavy atom. The Balaban J connectivity index is 1.44. The molecule has 2 amide bonds. The highest BCUT2D eigenvalue weighted by molar-refractivity contribution is 5.74. The van der Waals surface area contributed by atoms with Crippen LogP contribution in [-0.4, -0.2) is 45.2 Å². The van der Waals surface area contributed by atoms with Gasteiger partial charge in [0.2, 0.25) is 5.89 Å². The summed E-state index contributed by atoms with van der Waals surface area (Å²) in [5.74, 6) is 1.26. The monoisotopic (exact) mass is 359 g/mol. The van der Waals surface area contributed by atoms with E-state index in [0.717, 1.165) is 25.1 Å². The average molecular weight is 359 g/mol. The quantitative estimate of drug-likeness (QED) is 0.852. The van der Waals surface area contributed by atoms with Gasteiger partial charge in [-0.1, -0.05) is 25.1 Å². The summed E-state index contributed by atoms with van der Waals surface area (Å²) in [4.78, 5) is 22.7. The van der Waals surface area contributed by atoms with Gasteiger partial charge in [0.1, 0.15) is 0 Å². The Morgan fingerprint density at radius 3 is 3.08 bits per heavy atom. The zero-order chi connectivity index (χ0) is 18.4. The van der Waals surface area contributed by atoms with Crippen LogP contribution in [0, 0.1) is 0 Å². The molecule has 26 heavy (non-hydrogen) atoms. The van der Waals surface area contributed by atoms with Crippen molar-refractivity contribution in [3.63, 3.8) is 0 Å². The van der Waals surface area contributed by atoms with Crippen LogP contribution < -0.4 is 5.32 Å². The molecule has 1 N–H and O–H groups in total. The van der Waals surface area contributed by atoms with Crippen molar-refractivity contribution in [1.82, 2.24) is 25.3 Å². The van der Waals surface area contributed by atoms with Crippen molar-refractivity contribution in [3.8, 4) is 0 Å². The molecule has 0 aliphatic carbocycles. The van der Waals surface area contributed by atoms with Crippen LogP contribution in [0.3, 0.4) is 0 Å². The first-order valence-corrected chi connectivity index (χ1v) is 8.98. The lowest BCUT2D eigenvalue weighted by Crippen LogP contribution is -2.47. The number of pyridine rings is 1. The minimum Gasteiger partial charge on any atom is -0.370 e. The summed E-state index contributed by atoms with van der Waals surface area (Å²) < 4.78 is 11.1. The summed E-state index contributed by atoms with van der Waals surface area (Å²) in [6.45, 7) is 5.96. The van der Waals surface area contributed by atoms with Gasteiger partial charge in [-0.2, -0.15) is 4.98 Å². The lowest BCUT2D eigenvalue weighted by molar-refractivity contribution is -0.00173. The van der Waals surface area contributed by atoms with Gasteiger partial charge in [-0.3, -0.25) is 4.98 Å². The zero-order valence-corrected chi connectivity index (χ0v) is 15.2. The zero-order valence-electron chi connectivity index (χ0n) is 15.2.